The molecule has 0 spiro atoms. The predicted molar refractivity (Wildman–Crippen MR) is 201 cm³/mol. The van der Waals surface area contributed by atoms with Gasteiger partial charge in [-0.05, 0) is 0 Å². The van der Waals surface area contributed by atoms with Crippen molar-refractivity contribution in [1.82, 2.24) is 9.13 Å². The molecule has 0 fully saturated rings. The molecule has 0 saturated carbocycles. The third-order valence-electron chi connectivity index (χ3n) is 10.4. The molecule has 7 heteroatoms. The Morgan fingerprint density at radius 1 is 0.588 bits per heavy atom. The zero-order chi connectivity index (χ0) is 37.1. The van der Waals surface area contributed by atoms with Gasteiger partial charge in [0, 0.05) is 0 Å². The fourth-order valence-corrected chi connectivity index (χ4v) is 16.6. The third kappa shape index (κ3) is 5.95. The summed E-state index contributed by atoms with van der Waals surface area (Å²) < 4.78 is 74.4. The van der Waals surface area contributed by atoms with Crippen molar-refractivity contribution in [2.45, 2.75) is 82.1 Å². The number of aromatic nitrogens is 2. The van der Waals surface area contributed by atoms with Crippen LogP contribution in [0.2, 0.25) is 0 Å². The van der Waals surface area contributed by atoms with E-state index in [1.54, 1.807) is 13.8 Å². The van der Waals surface area contributed by atoms with E-state index >= 15 is 17.6 Å². The molecule has 2 aromatic carbocycles. The average Bonchev–Trinajstić information content (AvgIpc) is 3.87. The van der Waals surface area contributed by atoms with E-state index in [1.165, 1.54) is 12.1 Å². The van der Waals surface area contributed by atoms with E-state index in [0.29, 0.717) is 32.0 Å². The number of aryl methyl sites for hydroxylation is 2. The summed E-state index contributed by atoms with van der Waals surface area (Å²) in [6.45, 7) is 19.0. The van der Waals surface area contributed by atoms with E-state index in [9.17, 15) is 0 Å². The minimum absolute atomic E-state index is 0.183. The molecule has 2 aliphatic carbocycles. The summed E-state index contributed by atoms with van der Waals surface area (Å²) in [5.41, 5.74) is 8.76. The molecule has 264 valence electrons. The molecule has 0 saturated heterocycles. The first-order chi connectivity index (χ1) is 24.1. The zero-order valence-corrected chi connectivity index (χ0v) is 32.8. The van der Waals surface area contributed by atoms with Gasteiger partial charge in [0.1, 0.15) is 0 Å². The molecule has 4 aromatic rings. The van der Waals surface area contributed by atoms with Crippen LogP contribution >= 0.6 is 0 Å². The number of hydrogen-bond donors (Lipinski definition) is 0. The van der Waals surface area contributed by atoms with Crippen molar-refractivity contribution in [2.75, 3.05) is 0 Å². The average molecular weight is 727 g/mol. The molecule has 51 heavy (non-hydrogen) atoms. The summed E-state index contributed by atoms with van der Waals surface area (Å²) in [7, 11) is 0. The number of allylic oxidation sites excluding steroid dienone is 10. The monoisotopic (exact) mass is 726 g/mol. The Morgan fingerprint density at radius 2 is 0.961 bits per heavy atom. The second-order valence-corrected chi connectivity index (χ2v) is 20.5. The molecule has 0 radical (unpaired) electrons. The van der Waals surface area contributed by atoms with Gasteiger partial charge in [0.25, 0.3) is 0 Å². The molecule has 2 aromatic heterocycles. The van der Waals surface area contributed by atoms with E-state index in [1.807, 2.05) is 125 Å². The van der Waals surface area contributed by atoms with Crippen LogP contribution < -0.4 is 7.74 Å². The Hall–Kier alpha value is -4.13. The molecular formula is C44H46F4N2Ti. The van der Waals surface area contributed by atoms with Crippen molar-refractivity contribution >= 4 is 19.9 Å². The standard InChI is InChI=1S/2C17H18F2N.2C5H5.Ti/c2*1-10(2)6-14-7-11(3)20(13(14)5)17-9-15(18)8-16(19)12(17)4;2*1-2-4-5-3-1;/h2*6-7,9H,1-5H3;2*1-3H,4H2;. The van der Waals surface area contributed by atoms with Crippen molar-refractivity contribution < 1.29 is 34.2 Å². The molecular weight excluding hydrogens is 680 g/mol. The molecule has 2 nitrogen and oxygen atoms in total. The summed E-state index contributed by atoms with van der Waals surface area (Å²) in [6.07, 6.45) is 16.0. The van der Waals surface area contributed by atoms with Crippen LogP contribution in [0.5, 0.6) is 0 Å². The molecule has 0 unspecified atom stereocenters. The maximum atomic E-state index is 17.5. The third-order valence-corrected chi connectivity index (χ3v) is 18.4. The van der Waals surface area contributed by atoms with E-state index < -0.39 is 39.9 Å². The van der Waals surface area contributed by atoms with Gasteiger partial charge in [-0.3, -0.25) is 0 Å². The Labute approximate surface area is 303 Å². The number of benzene rings is 2. The number of halogens is 4. The Kier molecular flexibility index (Phi) is 9.91. The second kappa shape index (κ2) is 13.8. The Bertz CT molecular complexity index is 2130. The van der Waals surface area contributed by atoms with Crippen LogP contribution in [0, 0.1) is 64.8 Å². The van der Waals surface area contributed by atoms with Crippen LogP contribution in [-0.4, -0.2) is 9.13 Å². The maximum absolute atomic E-state index is 17.5. The van der Waals surface area contributed by atoms with Crippen LogP contribution in [-0.2, 0) is 16.6 Å². The molecule has 0 amide bonds. The van der Waals surface area contributed by atoms with E-state index in [0.717, 1.165) is 45.0 Å². The molecule has 0 aliphatic heterocycles. The van der Waals surface area contributed by atoms with Gasteiger partial charge in [-0.25, -0.2) is 0 Å². The summed E-state index contributed by atoms with van der Waals surface area (Å²) in [5, 5.41) is 0. The zero-order valence-electron chi connectivity index (χ0n) is 31.2. The molecule has 0 bridgehead atoms. The van der Waals surface area contributed by atoms with Gasteiger partial charge in [0.05, 0.1) is 0 Å². The first-order valence-corrected chi connectivity index (χ1v) is 20.6. The van der Waals surface area contributed by atoms with Crippen LogP contribution in [0.3, 0.4) is 0 Å². The molecule has 2 heterocycles. The van der Waals surface area contributed by atoms with Crippen LogP contribution in [0.25, 0.3) is 23.5 Å². The fourth-order valence-electron chi connectivity index (χ4n) is 8.22. The van der Waals surface area contributed by atoms with E-state index in [-0.39, 0.29) is 18.9 Å². The van der Waals surface area contributed by atoms with Crippen molar-refractivity contribution in [3.8, 4) is 11.4 Å². The van der Waals surface area contributed by atoms with Gasteiger partial charge < -0.3 is 0 Å². The Balaban J connectivity index is 1.68. The van der Waals surface area contributed by atoms with Crippen molar-refractivity contribution in [3.63, 3.8) is 0 Å². The number of nitrogens with zero attached hydrogens (tertiary/aromatic N) is 2. The molecule has 0 atom stereocenters. The van der Waals surface area contributed by atoms with Crippen molar-refractivity contribution in [1.29, 1.82) is 0 Å². The minimum atomic E-state index is -5.00. The number of hydrogen-bond acceptors (Lipinski definition) is 0. The molecule has 0 N–H and O–H groups in total. The van der Waals surface area contributed by atoms with Crippen LogP contribution in [0.4, 0.5) is 17.6 Å². The first kappa shape index (κ1) is 36.7. The van der Waals surface area contributed by atoms with Crippen LogP contribution in [0.1, 0.15) is 85.6 Å². The predicted octanol–water partition coefficient (Wildman–Crippen LogP) is 11.3. The van der Waals surface area contributed by atoms with Gasteiger partial charge in [-0.2, -0.15) is 0 Å². The molecule has 2 aliphatic rings. The first-order valence-electron chi connectivity index (χ1n) is 17.5. The van der Waals surface area contributed by atoms with E-state index in [2.05, 4.69) is 0 Å². The summed E-state index contributed by atoms with van der Waals surface area (Å²) >= 11 is -5.00. The normalized spacial score (nSPS) is 14.0. The van der Waals surface area contributed by atoms with Gasteiger partial charge in [-0.15, -0.1) is 0 Å². The second-order valence-electron chi connectivity index (χ2n) is 14.5. The van der Waals surface area contributed by atoms with Gasteiger partial charge in [0.2, 0.25) is 0 Å². The van der Waals surface area contributed by atoms with Gasteiger partial charge in [0.15, 0.2) is 0 Å². The SMILES string of the molecule is CC(C)=Cc1cc(C)n(-c2cc(F)[c]([Ti]([C]3=CC=CC3)([C]3=CC=CC3)[c]3c(F)cc(-n4c(C)cc(C=C(C)C)c4C)c(C)c3F)c(F)c2C)c1C. The van der Waals surface area contributed by atoms with Gasteiger partial charge >= 0.3 is 305 Å². The summed E-state index contributed by atoms with van der Waals surface area (Å²) in [6, 6.07) is 6.76. The summed E-state index contributed by atoms with van der Waals surface area (Å²) in [5.74, 6) is -3.06. The topological polar surface area (TPSA) is 9.86 Å². The van der Waals surface area contributed by atoms with Crippen molar-refractivity contribution in [2.24, 2.45) is 0 Å². The summed E-state index contributed by atoms with van der Waals surface area (Å²) in [4.78, 5) is 0. The quantitative estimate of drug-likeness (QED) is 0.126. The fraction of sp³-hybridized carbons (Fsp3) is 0.273. The van der Waals surface area contributed by atoms with Crippen LogP contribution in [0.15, 0.2) is 79.6 Å². The molecule has 6 rings (SSSR count). The van der Waals surface area contributed by atoms with E-state index in [4.69, 9.17) is 0 Å². The van der Waals surface area contributed by atoms with Crippen molar-refractivity contribution in [3.05, 3.63) is 148 Å². The Morgan fingerprint density at radius 3 is 1.27 bits per heavy atom. The van der Waals surface area contributed by atoms with Gasteiger partial charge in [-0.1, -0.05) is 0 Å². The number of rotatable bonds is 8.